The zero-order chi connectivity index (χ0) is 20.8. The molecule has 4 rings (SSSR count). The molecule has 0 bridgehead atoms. The zero-order valence-electron chi connectivity index (χ0n) is 15.9. The molecule has 2 aromatic rings. The van der Waals surface area contributed by atoms with E-state index in [1.807, 2.05) is 37.3 Å². The van der Waals surface area contributed by atoms with E-state index < -0.39 is 22.7 Å². The van der Waals surface area contributed by atoms with Gasteiger partial charge in [-0.3, -0.25) is 4.79 Å². The quantitative estimate of drug-likeness (QED) is 0.558. The Morgan fingerprint density at radius 2 is 2.07 bits per heavy atom. The number of aliphatic carboxylic acids is 1. The smallest absolute Gasteiger partial charge is 0.361 e. The molecule has 3 heterocycles. The molecule has 2 saturated heterocycles. The standard InChI is InChI=1S/C19H20N4O5S/c1-3-28-18(27)14-15(11-7-5-4-6-8-11)22(21-20-14)10-19(2)16(17(25)26)23-12(24)9-13(23)29-19/h4-8,13,16H,3,9-10H2,1-2H3,(H,25,26)/t13-,16+,19+/m1/s1. The molecule has 1 aromatic heterocycles. The van der Waals surface area contributed by atoms with Gasteiger partial charge in [0.25, 0.3) is 0 Å². The largest absolute Gasteiger partial charge is 0.480 e. The molecule has 9 nitrogen and oxygen atoms in total. The third kappa shape index (κ3) is 3.17. The predicted octanol–water partition coefficient (Wildman–Crippen LogP) is 1.64. The lowest BCUT2D eigenvalue weighted by Crippen LogP contribution is -2.58. The van der Waals surface area contributed by atoms with Crippen LogP contribution in [0.2, 0.25) is 0 Å². The Morgan fingerprint density at radius 3 is 2.69 bits per heavy atom. The van der Waals surface area contributed by atoms with Crippen molar-refractivity contribution < 1.29 is 24.2 Å². The van der Waals surface area contributed by atoms with Gasteiger partial charge in [0.1, 0.15) is 11.7 Å². The van der Waals surface area contributed by atoms with Gasteiger partial charge in [0.15, 0.2) is 5.69 Å². The number of aromatic nitrogens is 3. The Labute approximate surface area is 171 Å². The molecule has 0 aliphatic carbocycles. The fourth-order valence-corrected chi connectivity index (χ4v) is 5.66. The summed E-state index contributed by atoms with van der Waals surface area (Å²) in [5.74, 6) is -1.80. The lowest BCUT2D eigenvalue weighted by molar-refractivity contribution is -0.157. The highest BCUT2D eigenvalue weighted by Crippen LogP contribution is 2.51. The number of carbonyl (C=O) groups is 3. The number of ether oxygens (including phenoxy) is 1. The summed E-state index contributed by atoms with van der Waals surface area (Å²) in [4.78, 5) is 37.8. The van der Waals surface area contributed by atoms with Gasteiger partial charge in [-0.2, -0.15) is 0 Å². The number of benzene rings is 1. The highest BCUT2D eigenvalue weighted by Gasteiger charge is 2.61. The van der Waals surface area contributed by atoms with Gasteiger partial charge >= 0.3 is 11.9 Å². The third-order valence-corrected chi connectivity index (χ3v) is 6.71. The second-order valence-corrected chi connectivity index (χ2v) is 8.87. The molecule has 152 valence electrons. The van der Waals surface area contributed by atoms with Crippen LogP contribution in [0, 0.1) is 0 Å². The lowest BCUT2D eigenvalue weighted by atomic mass is 9.96. The van der Waals surface area contributed by atoms with Crippen molar-refractivity contribution in [2.45, 2.75) is 43.0 Å². The first-order chi connectivity index (χ1) is 13.9. The summed E-state index contributed by atoms with van der Waals surface area (Å²) < 4.78 is 5.82. The molecule has 0 spiro atoms. The van der Waals surface area contributed by atoms with E-state index in [4.69, 9.17) is 4.74 Å². The Balaban J connectivity index is 1.75. The van der Waals surface area contributed by atoms with Crippen molar-refractivity contribution in [1.29, 1.82) is 0 Å². The molecule has 3 atom stereocenters. The topological polar surface area (TPSA) is 115 Å². The molecular formula is C19H20N4O5S. The molecule has 2 fully saturated rings. The SMILES string of the molecule is CCOC(=O)c1nnn(C[C@]2(C)S[C@@H]3CC(=O)N3[C@H]2C(=O)O)c1-c1ccccc1. The predicted molar refractivity (Wildman–Crippen MR) is 104 cm³/mol. The summed E-state index contributed by atoms with van der Waals surface area (Å²) in [5.41, 5.74) is 1.27. The number of carbonyl (C=O) groups excluding carboxylic acids is 2. The lowest BCUT2D eigenvalue weighted by Gasteiger charge is -2.37. The highest BCUT2D eigenvalue weighted by molar-refractivity contribution is 8.01. The summed E-state index contributed by atoms with van der Waals surface area (Å²) in [6.45, 7) is 3.89. The number of nitrogens with zero attached hydrogens (tertiary/aromatic N) is 4. The van der Waals surface area contributed by atoms with Crippen LogP contribution in [0.15, 0.2) is 30.3 Å². The molecule has 10 heteroatoms. The van der Waals surface area contributed by atoms with Crippen molar-refractivity contribution >= 4 is 29.6 Å². The van der Waals surface area contributed by atoms with Crippen LogP contribution >= 0.6 is 11.8 Å². The first-order valence-electron chi connectivity index (χ1n) is 9.23. The number of esters is 1. The van der Waals surface area contributed by atoms with Crippen LogP contribution in [-0.2, 0) is 20.9 Å². The summed E-state index contributed by atoms with van der Waals surface area (Å²) in [6.07, 6.45) is 0.334. The van der Waals surface area contributed by atoms with Crippen molar-refractivity contribution in [3.8, 4) is 11.3 Å². The van der Waals surface area contributed by atoms with Crippen LogP contribution in [0.4, 0.5) is 0 Å². The fourth-order valence-electron chi connectivity index (χ4n) is 3.92. The van der Waals surface area contributed by atoms with E-state index in [0.29, 0.717) is 12.1 Å². The number of carboxylic acids is 1. The molecule has 1 aromatic carbocycles. The average Bonchev–Trinajstić information content (AvgIpc) is 3.19. The third-order valence-electron chi connectivity index (χ3n) is 5.16. The van der Waals surface area contributed by atoms with Crippen molar-refractivity contribution in [2.24, 2.45) is 0 Å². The fraction of sp³-hybridized carbons (Fsp3) is 0.421. The highest BCUT2D eigenvalue weighted by atomic mass is 32.2. The van der Waals surface area contributed by atoms with E-state index in [-0.39, 0.29) is 30.1 Å². The zero-order valence-corrected chi connectivity index (χ0v) is 16.8. The van der Waals surface area contributed by atoms with Crippen LogP contribution in [0.25, 0.3) is 11.3 Å². The van der Waals surface area contributed by atoms with Crippen molar-refractivity contribution in [2.75, 3.05) is 6.61 Å². The molecular weight excluding hydrogens is 396 g/mol. The van der Waals surface area contributed by atoms with Gasteiger partial charge in [-0.25, -0.2) is 14.3 Å². The van der Waals surface area contributed by atoms with Gasteiger partial charge in [-0.1, -0.05) is 35.5 Å². The number of hydrogen-bond acceptors (Lipinski definition) is 7. The maximum atomic E-state index is 12.4. The Morgan fingerprint density at radius 1 is 1.34 bits per heavy atom. The van der Waals surface area contributed by atoms with E-state index in [1.165, 1.54) is 16.7 Å². The maximum absolute atomic E-state index is 12.4. The van der Waals surface area contributed by atoms with Gasteiger partial charge in [-0.05, 0) is 13.8 Å². The van der Waals surface area contributed by atoms with E-state index in [2.05, 4.69) is 10.3 Å². The molecule has 1 amide bonds. The van der Waals surface area contributed by atoms with Crippen LogP contribution < -0.4 is 0 Å². The van der Waals surface area contributed by atoms with Crippen LogP contribution in [0.5, 0.6) is 0 Å². The summed E-state index contributed by atoms with van der Waals surface area (Å²) in [5, 5.41) is 17.8. The molecule has 0 unspecified atom stereocenters. The second kappa shape index (κ2) is 7.18. The molecule has 0 saturated carbocycles. The molecule has 2 aliphatic rings. The van der Waals surface area contributed by atoms with Crippen LogP contribution in [0.1, 0.15) is 30.8 Å². The Kier molecular flexibility index (Phi) is 4.81. The van der Waals surface area contributed by atoms with Crippen molar-refractivity contribution in [1.82, 2.24) is 19.9 Å². The normalized spacial score (nSPS) is 25.4. The number of fused-ring (bicyclic) bond motifs is 1. The number of β-lactam (4-membered cyclic amide) rings is 1. The Bertz CT molecular complexity index is 978. The van der Waals surface area contributed by atoms with Gasteiger partial charge in [0.2, 0.25) is 5.91 Å². The minimum absolute atomic E-state index is 0.0795. The maximum Gasteiger partial charge on any atom is 0.361 e. The van der Waals surface area contributed by atoms with Crippen molar-refractivity contribution in [3.63, 3.8) is 0 Å². The van der Waals surface area contributed by atoms with Crippen molar-refractivity contribution in [3.05, 3.63) is 36.0 Å². The van der Waals surface area contributed by atoms with E-state index in [9.17, 15) is 19.5 Å². The summed E-state index contributed by atoms with van der Waals surface area (Å²) in [7, 11) is 0. The summed E-state index contributed by atoms with van der Waals surface area (Å²) >= 11 is 1.45. The van der Waals surface area contributed by atoms with Gasteiger partial charge in [-0.15, -0.1) is 16.9 Å². The number of carboxylic acid groups (broad SMARTS) is 1. The second-order valence-electron chi connectivity index (χ2n) is 7.16. The van der Waals surface area contributed by atoms with Crippen LogP contribution in [0.3, 0.4) is 0 Å². The number of thioether (sulfide) groups is 1. The number of hydrogen-bond donors (Lipinski definition) is 1. The van der Waals surface area contributed by atoms with Gasteiger partial charge < -0.3 is 14.7 Å². The molecule has 1 N–H and O–H groups in total. The van der Waals surface area contributed by atoms with E-state index >= 15 is 0 Å². The summed E-state index contributed by atoms with van der Waals surface area (Å²) in [6, 6.07) is 8.20. The van der Waals surface area contributed by atoms with E-state index in [0.717, 1.165) is 5.56 Å². The number of amides is 1. The molecule has 0 radical (unpaired) electrons. The monoisotopic (exact) mass is 416 g/mol. The number of rotatable bonds is 6. The minimum Gasteiger partial charge on any atom is -0.480 e. The first kappa shape index (κ1) is 19.4. The van der Waals surface area contributed by atoms with Crippen LogP contribution in [-0.4, -0.2) is 65.6 Å². The minimum atomic E-state index is -1.05. The average molecular weight is 416 g/mol. The van der Waals surface area contributed by atoms with E-state index in [1.54, 1.807) is 11.6 Å². The molecule has 2 aliphatic heterocycles. The van der Waals surface area contributed by atoms with Gasteiger partial charge in [0.05, 0.1) is 29.7 Å². The first-order valence-corrected chi connectivity index (χ1v) is 10.1. The van der Waals surface area contributed by atoms with Gasteiger partial charge in [0, 0.05) is 5.56 Å². The Hall–Kier alpha value is -2.88. The molecule has 29 heavy (non-hydrogen) atoms.